The topological polar surface area (TPSA) is 72.1 Å². The van der Waals surface area contributed by atoms with Gasteiger partial charge in [0.25, 0.3) is 0 Å². The monoisotopic (exact) mass is 393 g/mol. The Kier molecular flexibility index (Phi) is 7.30. The van der Waals surface area contributed by atoms with Crippen LogP contribution in [0.4, 0.5) is 13.2 Å². The van der Waals surface area contributed by atoms with E-state index in [1.807, 2.05) is 13.0 Å². The number of carboxylic acid groups (broad SMARTS) is 1. The maximum absolute atomic E-state index is 10.6. The van der Waals surface area contributed by atoms with E-state index in [0.717, 1.165) is 57.2 Å². The third kappa shape index (κ3) is 6.51. The zero-order valence-electron chi connectivity index (χ0n) is 15.6. The summed E-state index contributed by atoms with van der Waals surface area (Å²) in [5, 5.41) is 7.12. The van der Waals surface area contributed by atoms with Crippen molar-refractivity contribution in [3.63, 3.8) is 0 Å². The van der Waals surface area contributed by atoms with Crippen molar-refractivity contribution >= 4 is 5.97 Å². The highest BCUT2D eigenvalue weighted by molar-refractivity contribution is 5.73. The number of furan rings is 1. The summed E-state index contributed by atoms with van der Waals surface area (Å²) in [7, 11) is 0. The molecule has 0 aromatic carbocycles. The lowest BCUT2D eigenvalue weighted by Crippen LogP contribution is -2.47. The van der Waals surface area contributed by atoms with E-state index in [0.29, 0.717) is 0 Å². The van der Waals surface area contributed by atoms with Crippen LogP contribution in [0.5, 0.6) is 0 Å². The van der Waals surface area contributed by atoms with Crippen molar-refractivity contribution in [1.82, 2.24) is 4.90 Å². The number of piperidine rings is 1. The molecule has 0 saturated carbocycles. The number of rotatable bonds is 4. The molecule has 0 bridgehead atoms. The highest BCUT2D eigenvalue weighted by atomic mass is 19.4. The molecule has 27 heavy (non-hydrogen) atoms. The normalized spacial score (nSPS) is 26.0. The molecule has 2 atom stereocenters. The van der Waals surface area contributed by atoms with Crippen LogP contribution in [0.3, 0.4) is 0 Å². The Labute approximate surface area is 156 Å². The average Bonchev–Trinajstić information content (AvgIpc) is 3.14. The first kappa shape index (κ1) is 21.7. The van der Waals surface area contributed by atoms with Crippen LogP contribution in [0.1, 0.15) is 37.7 Å². The zero-order valence-corrected chi connectivity index (χ0v) is 15.6. The molecule has 3 rings (SSSR count). The van der Waals surface area contributed by atoms with Gasteiger partial charge in [-0.25, -0.2) is 4.79 Å². The van der Waals surface area contributed by atoms with Gasteiger partial charge in [0.15, 0.2) is 0 Å². The summed E-state index contributed by atoms with van der Waals surface area (Å²) in [5.41, 5.74) is 0.0136. The number of hydrogen-bond acceptors (Lipinski definition) is 5. The van der Waals surface area contributed by atoms with Crippen molar-refractivity contribution in [2.75, 3.05) is 26.3 Å². The highest BCUT2D eigenvalue weighted by Crippen LogP contribution is 2.36. The smallest absolute Gasteiger partial charge is 0.475 e. The summed E-state index contributed by atoms with van der Waals surface area (Å²) in [6.45, 7) is 8.59. The molecule has 2 fully saturated rings. The van der Waals surface area contributed by atoms with Gasteiger partial charge in [-0.15, -0.1) is 0 Å². The third-order valence-electron chi connectivity index (χ3n) is 4.61. The minimum absolute atomic E-state index is 0.0136. The summed E-state index contributed by atoms with van der Waals surface area (Å²) in [6.07, 6.45) is -1.41. The largest absolute Gasteiger partial charge is 0.490 e. The lowest BCUT2D eigenvalue weighted by atomic mass is 9.89. The van der Waals surface area contributed by atoms with E-state index in [1.165, 1.54) is 6.42 Å². The molecular formula is C18H26F3NO5. The fourth-order valence-corrected chi connectivity index (χ4v) is 3.55. The second-order valence-electron chi connectivity index (χ2n) is 6.90. The van der Waals surface area contributed by atoms with Crippen molar-refractivity contribution in [3.05, 3.63) is 23.7 Å². The Morgan fingerprint density at radius 1 is 1.44 bits per heavy atom. The summed E-state index contributed by atoms with van der Waals surface area (Å²) in [4.78, 5) is 11.4. The number of carboxylic acids is 1. The van der Waals surface area contributed by atoms with E-state index in [1.54, 1.807) is 0 Å². The minimum Gasteiger partial charge on any atom is -0.475 e. The second kappa shape index (κ2) is 9.07. The second-order valence-corrected chi connectivity index (χ2v) is 6.90. The molecule has 9 heteroatoms. The van der Waals surface area contributed by atoms with Gasteiger partial charge in [-0.3, -0.25) is 4.90 Å². The van der Waals surface area contributed by atoms with E-state index in [9.17, 15) is 13.2 Å². The van der Waals surface area contributed by atoms with E-state index in [4.69, 9.17) is 23.8 Å². The fourth-order valence-electron chi connectivity index (χ4n) is 3.55. The summed E-state index contributed by atoms with van der Waals surface area (Å²) in [5.74, 6) is -0.716. The van der Waals surface area contributed by atoms with Crippen LogP contribution in [0.15, 0.2) is 16.5 Å². The highest BCUT2D eigenvalue weighted by Gasteiger charge is 2.43. The molecule has 1 spiro atoms. The molecular weight excluding hydrogens is 367 g/mol. The molecule has 0 radical (unpaired) electrons. The van der Waals surface area contributed by atoms with Gasteiger partial charge in [0.1, 0.15) is 11.5 Å². The van der Waals surface area contributed by atoms with Crippen LogP contribution >= 0.6 is 0 Å². The molecule has 6 nitrogen and oxygen atoms in total. The summed E-state index contributed by atoms with van der Waals surface area (Å²) in [6, 6.07) is 4.11. The number of ether oxygens (including phenoxy) is 2. The number of hydrogen-bond donors (Lipinski definition) is 1. The van der Waals surface area contributed by atoms with Crippen LogP contribution in [0.2, 0.25) is 0 Å². The molecule has 2 aliphatic rings. The fraction of sp³-hybridized carbons (Fsp3) is 0.722. The standard InChI is InChI=1S/C16H25NO3.C2HF3O2/c1-3-18-15-9-16(19-11-15)7-4-8-17(12-16)10-14-6-5-13(2)20-14;3-2(4,5)1(6)7/h5-6,15H,3-4,7-12H2,1-2H3;(H,6,7)/t15-,16+;/m1./s1. The van der Waals surface area contributed by atoms with Crippen molar-refractivity contribution in [1.29, 1.82) is 0 Å². The first-order valence-electron chi connectivity index (χ1n) is 8.97. The maximum Gasteiger partial charge on any atom is 0.490 e. The number of nitrogens with zero attached hydrogens (tertiary/aromatic N) is 1. The van der Waals surface area contributed by atoms with Gasteiger partial charge < -0.3 is 19.0 Å². The molecule has 2 aliphatic heterocycles. The maximum atomic E-state index is 10.6. The number of carbonyl (C=O) groups is 1. The molecule has 2 saturated heterocycles. The molecule has 0 amide bonds. The number of aliphatic carboxylic acids is 1. The Hall–Kier alpha value is -1.58. The van der Waals surface area contributed by atoms with Crippen LogP contribution < -0.4 is 0 Å². The SMILES string of the molecule is CCO[C@H]1CO[C@@]2(CCCN(Cc3ccc(C)o3)C2)C1.O=C(O)C(F)(F)F. The van der Waals surface area contributed by atoms with E-state index in [2.05, 4.69) is 17.9 Å². The van der Waals surface area contributed by atoms with Gasteiger partial charge in [-0.1, -0.05) is 0 Å². The quantitative estimate of drug-likeness (QED) is 0.846. The van der Waals surface area contributed by atoms with Crippen LogP contribution in [-0.2, 0) is 20.8 Å². The lowest BCUT2D eigenvalue weighted by Gasteiger charge is -2.39. The Morgan fingerprint density at radius 3 is 2.70 bits per heavy atom. The number of halogens is 3. The van der Waals surface area contributed by atoms with Gasteiger partial charge >= 0.3 is 12.1 Å². The minimum atomic E-state index is -5.08. The van der Waals surface area contributed by atoms with E-state index >= 15 is 0 Å². The van der Waals surface area contributed by atoms with Crippen molar-refractivity contribution in [2.45, 2.75) is 57.5 Å². The average molecular weight is 393 g/mol. The third-order valence-corrected chi connectivity index (χ3v) is 4.61. The first-order valence-corrected chi connectivity index (χ1v) is 8.97. The molecule has 1 aromatic rings. The Morgan fingerprint density at radius 2 is 2.15 bits per heavy atom. The predicted octanol–water partition coefficient (Wildman–Crippen LogP) is 3.38. The summed E-state index contributed by atoms with van der Waals surface area (Å²) >= 11 is 0. The molecule has 0 aliphatic carbocycles. The molecule has 154 valence electrons. The van der Waals surface area contributed by atoms with Crippen molar-refractivity contribution in [2.24, 2.45) is 0 Å². The van der Waals surface area contributed by atoms with Gasteiger partial charge in [0.2, 0.25) is 0 Å². The van der Waals surface area contributed by atoms with Gasteiger partial charge in [-0.2, -0.15) is 13.2 Å². The van der Waals surface area contributed by atoms with Gasteiger partial charge in [0, 0.05) is 19.6 Å². The van der Waals surface area contributed by atoms with Crippen LogP contribution in [0.25, 0.3) is 0 Å². The lowest BCUT2D eigenvalue weighted by molar-refractivity contribution is -0.192. The number of likely N-dealkylation sites (tertiary alicyclic amines) is 1. The predicted molar refractivity (Wildman–Crippen MR) is 90.4 cm³/mol. The molecule has 1 N–H and O–H groups in total. The van der Waals surface area contributed by atoms with Crippen LogP contribution in [0, 0.1) is 6.92 Å². The Bertz CT molecular complexity index is 618. The van der Waals surface area contributed by atoms with Crippen molar-refractivity contribution < 1.29 is 37.0 Å². The van der Waals surface area contributed by atoms with Crippen molar-refractivity contribution in [3.8, 4) is 0 Å². The zero-order chi connectivity index (χ0) is 20.1. The van der Waals surface area contributed by atoms with Gasteiger partial charge in [0.05, 0.1) is 24.9 Å². The first-order chi connectivity index (χ1) is 12.6. The molecule has 0 unspecified atom stereocenters. The van der Waals surface area contributed by atoms with E-state index in [-0.39, 0.29) is 11.7 Å². The van der Waals surface area contributed by atoms with Crippen LogP contribution in [-0.4, -0.2) is 60.2 Å². The van der Waals surface area contributed by atoms with Gasteiger partial charge in [-0.05, 0) is 45.4 Å². The molecule has 1 aromatic heterocycles. The summed E-state index contributed by atoms with van der Waals surface area (Å²) < 4.78 is 49.3. The number of aryl methyl sites for hydroxylation is 1. The Balaban J connectivity index is 0.000000321. The number of alkyl halides is 3. The van der Waals surface area contributed by atoms with E-state index < -0.39 is 12.1 Å². The molecule has 3 heterocycles.